The molecule has 0 aliphatic rings. The summed E-state index contributed by atoms with van der Waals surface area (Å²) in [6.45, 7) is 0.0341. The van der Waals surface area contributed by atoms with E-state index in [0.717, 1.165) is 33.1 Å². The Hall–Kier alpha value is -4.86. The van der Waals surface area contributed by atoms with Gasteiger partial charge in [0.05, 0.1) is 6.26 Å². The Labute approximate surface area is 353 Å². The predicted molar refractivity (Wildman–Crippen MR) is 248 cm³/mol. The van der Waals surface area contributed by atoms with Crippen LogP contribution in [-0.4, -0.2) is 39.8 Å². The third kappa shape index (κ3) is 10.3. The molecule has 0 unspecified atom stereocenters. The van der Waals surface area contributed by atoms with Gasteiger partial charge < -0.3 is 9.15 Å². The molecule has 0 fully saturated rings. The van der Waals surface area contributed by atoms with Crippen molar-refractivity contribution < 1.29 is 31.5 Å². The van der Waals surface area contributed by atoms with Crippen molar-refractivity contribution in [2.24, 2.45) is 0 Å². The highest BCUT2D eigenvalue weighted by Crippen LogP contribution is 2.41. The molecule has 7 nitrogen and oxygen atoms in total. The van der Waals surface area contributed by atoms with Crippen LogP contribution in [0, 0.1) is 0 Å². The quantitative estimate of drug-likeness (QED) is 0.0580. The van der Waals surface area contributed by atoms with E-state index in [1.165, 1.54) is 37.9 Å². The highest BCUT2D eigenvalue weighted by atomic mass is 127. The first-order chi connectivity index (χ1) is 27.3. The van der Waals surface area contributed by atoms with E-state index in [9.17, 15) is 4.79 Å². The van der Waals surface area contributed by atoms with Gasteiger partial charge in [-0.15, -0.1) is 0 Å². The molecule has 0 aliphatic carbocycles. The first kappa shape index (κ1) is 42.3. The summed E-state index contributed by atoms with van der Waals surface area (Å²) >= 11 is 4.30. The standard InChI is InChI=1S/C22H16O2.C22H14O.2CH3I.H2O4S/c23-21(16-8-2-1-3-9-16)15-24-22-14-17-10-4-5-11-18(17)19-12-6-7-13-20(19)22;1-2-8-15(9-3-1)20-14-23-22-19-13-7-5-11-17(19)16-10-4-6-12-18(16)21(20)22;2*1-2;1-5(2,3)4/h1-14H,15H2;1-14H;2*1H3;(H2,1,2,3,4). The molecule has 0 saturated carbocycles. The van der Waals surface area contributed by atoms with Gasteiger partial charge >= 0.3 is 10.4 Å². The van der Waals surface area contributed by atoms with Crippen LogP contribution in [0.1, 0.15) is 10.4 Å². The maximum Gasteiger partial charge on any atom is 0.394 e. The maximum atomic E-state index is 12.3. The summed E-state index contributed by atoms with van der Waals surface area (Å²) in [7, 11) is -4.67. The van der Waals surface area contributed by atoms with Gasteiger partial charge in [0.2, 0.25) is 0 Å². The highest BCUT2D eigenvalue weighted by molar-refractivity contribution is 14.1. The van der Waals surface area contributed by atoms with Crippen molar-refractivity contribution in [1.82, 2.24) is 0 Å². The summed E-state index contributed by atoms with van der Waals surface area (Å²) in [4.78, 5) is 16.2. The Morgan fingerprint density at radius 2 is 1.00 bits per heavy atom. The van der Waals surface area contributed by atoms with E-state index in [0.29, 0.717) is 5.56 Å². The van der Waals surface area contributed by atoms with E-state index in [1.807, 2.05) is 88.9 Å². The van der Waals surface area contributed by atoms with Crippen LogP contribution < -0.4 is 4.74 Å². The Morgan fingerprint density at radius 1 is 0.571 bits per heavy atom. The Balaban J connectivity index is 0.000000178. The van der Waals surface area contributed by atoms with Crippen LogP contribution in [0.3, 0.4) is 0 Å². The fourth-order valence-corrected chi connectivity index (χ4v) is 6.50. The van der Waals surface area contributed by atoms with Gasteiger partial charge in [-0.1, -0.05) is 203 Å². The lowest BCUT2D eigenvalue weighted by Gasteiger charge is -2.11. The van der Waals surface area contributed by atoms with Crippen LogP contribution in [0.2, 0.25) is 0 Å². The second-order valence-electron chi connectivity index (χ2n) is 12.0. The van der Waals surface area contributed by atoms with Crippen LogP contribution in [0.4, 0.5) is 0 Å². The lowest BCUT2D eigenvalue weighted by molar-refractivity contribution is 0.0922. The van der Waals surface area contributed by atoms with Crippen molar-refractivity contribution in [2.75, 3.05) is 16.5 Å². The number of fused-ring (bicyclic) bond motifs is 9. The first-order valence-electron chi connectivity index (χ1n) is 17.2. The molecule has 0 saturated heterocycles. The van der Waals surface area contributed by atoms with E-state index in [-0.39, 0.29) is 12.4 Å². The zero-order chi connectivity index (χ0) is 40.1. The molecule has 10 heteroatoms. The summed E-state index contributed by atoms with van der Waals surface area (Å²) in [5, 5.41) is 10.6. The van der Waals surface area contributed by atoms with E-state index in [1.54, 1.807) is 0 Å². The Morgan fingerprint density at radius 3 is 1.59 bits per heavy atom. The molecular formula is C46H38I2O7S. The lowest BCUT2D eigenvalue weighted by atomic mass is 9.95. The minimum absolute atomic E-state index is 0.0205. The third-order valence-electron chi connectivity index (χ3n) is 8.72. The summed E-state index contributed by atoms with van der Waals surface area (Å²) in [5.74, 6) is 0.724. The summed E-state index contributed by atoms with van der Waals surface area (Å²) in [6, 6.07) is 55.1. The van der Waals surface area contributed by atoms with Gasteiger partial charge in [0.15, 0.2) is 12.4 Å². The van der Waals surface area contributed by atoms with Crippen molar-refractivity contribution >= 4 is 115 Å². The number of ketones is 1. The second kappa shape index (κ2) is 20.3. The lowest BCUT2D eigenvalue weighted by Crippen LogP contribution is -2.11. The molecule has 9 rings (SSSR count). The molecule has 56 heavy (non-hydrogen) atoms. The Kier molecular flexibility index (Phi) is 15.4. The topological polar surface area (TPSA) is 114 Å². The third-order valence-corrected chi connectivity index (χ3v) is 8.72. The van der Waals surface area contributed by atoms with Crippen molar-refractivity contribution in [3.05, 3.63) is 176 Å². The fraction of sp³-hybridized carbons (Fsp3) is 0.0652. The molecule has 2 N–H and O–H groups in total. The van der Waals surface area contributed by atoms with Gasteiger partial charge in [0, 0.05) is 27.3 Å². The number of carbonyl (C=O) groups excluding carboxylic acids is 1. The zero-order valence-electron chi connectivity index (χ0n) is 30.5. The SMILES string of the molecule is CI.CI.O=C(COc1cc2ccccc2c2ccccc12)c1ccccc1.O=S(=O)(O)O.c1ccc(-c2coc3c4ccccc4c4ccccc4c23)cc1. The molecule has 0 spiro atoms. The largest absolute Gasteiger partial charge is 0.485 e. The number of rotatable bonds is 5. The van der Waals surface area contributed by atoms with Crippen LogP contribution >= 0.6 is 45.2 Å². The molecule has 0 radical (unpaired) electrons. The number of Topliss-reactive ketones (excluding diaryl/α,β-unsaturated/α-hetero) is 1. The number of alkyl halides is 2. The minimum atomic E-state index is -4.67. The van der Waals surface area contributed by atoms with Crippen molar-refractivity contribution in [3.8, 4) is 16.9 Å². The maximum absolute atomic E-state index is 12.3. The van der Waals surface area contributed by atoms with Crippen LogP contribution in [0.25, 0.3) is 65.2 Å². The van der Waals surface area contributed by atoms with Gasteiger partial charge in [-0.25, -0.2) is 0 Å². The average Bonchev–Trinajstić information content (AvgIpc) is 3.71. The first-order valence-corrected chi connectivity index (χ1v) is 22.9. The van der Waals surface area contributed by atoms with Gasteiger partial charge in [0.1, 0.15) is 11.3 Å². The number of hydrogen-bond donors (Lipinski definition) is 2. The number of ether oxygens (including phenoxy) is 1. The van der Waals surface area contributed by atoms with Crippen LogP contribution in [-0.2, 0) is 10.4 Å². The summed E-state index contributed by atoms with van der Waals surface area (Å²) in [5.41, 5.74) is 3.98. The number of hydrogen-bond acceptors (Lipinski definition) is 5. The van der Waals surface area contributed by atoms with Gasteiger partial charge in [0.25, 0.3) is 0 Å². The van der Waals surface area contributed by atoms with Crippen molar-refractivity contribution in [1.29, 1.82) is 0 Å². The molecule has 1 heterocycles. The normalized spacial score (nSPS) is 10.6. The molecule has 0 atom stereocenters. The molecule has 0 aliphatic heterocycles. The van der Waals surface area contributed by atoms with Gasteiger partial charge in [-0.2, -0.15) is 8.42 Å². The summed E-state index contributed by atoms with van der Waals surface area (Å²) < 4.78 is 43.5. The molecule has 284 valence electrons. The van der Waals surface area contributed by atoms with E-state index < -0.39 is 10.4 Å². The van der Waals surface area contributed by atoms with Gasteiger partial charge in [-0.05, 0) is 53.8 Å². The molecule has 0 amide bonds. The smallest absolute Gasteiger partial charge is 0.394 e. The minimum Gasteiger partial charge on any atom is -0.485 e. The molecule has 1 aromatic heterocycles. The van der Waals surface area contributed by atoms with Crippen molar-refractivity contribution in [3.63, 3.8) is 0 Å². The van der Waals surface area contributed by atoms with E-state index in [4.69, 9.17) is 26.7 Å². The second-order valence-corrected chi connectivity index (χ2v) is 12.9. The summed E-state index contributed by atoms with van der Waals surface area (Å²) in [6.07, 6.45) is 1.89. The highest BCUT2D eigenvalue weighted by Gasteiger charge is 2.16. The van der Waals surface area contributed by atoms with Gasteiger partial charge in [-0.3, -0.25) is 13.9 Å². The predicted octanol–water partition coefficient (Wildman–Crippen LogP) is 13.1. The number of halogens is 2. The zero-order valence-corrected chi connectivity index (χ0v) is 35.6. The van der Waals surface area contributed by atoms with E-state index >= 15 is 0 Å². The number of carbonyl (C=O) groups is 1. The number of benzene rings is 8. The number of furan rings is 1. The van der Waals surface area contributed by atoms with E-state index in [2.05, 4.69) is 136 Å². The fourth-order valence-electron chi connectivity index (χ4n) is 6.50. The van der Waals surface area contributed by atoms with Crippen LogP contribution in [0.5, 0.6) is 5.75 Å². The molecular weight excluding hydrogens is 950 g/mol. The molecule has 8 aromatic carbocycles. The Bertz CT molecular complexity index is 2800. The monoisotopic (exact) mass is 988 g/mol. The molecule has 0 bridgehead atoms. The van der Waals surface area contributed by atoms with Crippen LogP contribution in [0.15, 0.2) is 174 Å². The average molecular weight is 989 g/mol. The van der Waals surface area contributed by atoms with Crippen molar-refractivity contribution in [2.45, 2.75) is 0 Å². The molecule has 9 aromatic rings.